The Morgan fingerprint density at radius 1 is 1.00 bits per heavy atom. The van der Waals surface area contributed by atoms with Gasteiger partial charge in [0.1, 0.15) is 17.5 Å². The molecule has 3 aromatic rings. The van der Waals surface area contributed by atoms with E-state index in [4.69, 9.17) is 9.97 Å². The number of rotatable bonds is 3. The van der Waals surface area contributed by atoms with Crippen LogP contribution in [0.3, 0.4) is 0 Å². The van der Waals surface area contributed by atoms with E-state index in [1.165, 1.54) is 28.8 Å². The minimum atomic E-state index is -0.422. The molecular formula is C26H30FN3. The molecule has 0 amide bonds. The van der Waals surface area contributed by atoms with Crippen LogP contribution in [0.25, 0.3) is 0 Å². The molecule has 0 aliphatic carbocycles. The molecule has 1 atom stereocenters. The second-order valence-corrected chi connectivity index (χ2v) is 9.03. The average Bonchev–Trinajstić information content (AvgIpc) is 2.70. The van der Waals surface area contributed by atoms with Crippen molar-refractivity contribution in [2.24, 2.45) is 0 Å². The highest BCUT2D eigenvalue weighted by Gasteiger charge is 2.31. The van der Waals surface area contributed by atoms with Crippen LogP contribution in [-0.4, -0.2) is 16.5 Å². The van der Waals surface area contributed by atoms with Crippen molar-refractivity contribution in [3.8, 4) is 0 Å². The third-order valence-electron chi connectivity index (χ3n) is 6.60. The standard InChI is InChI=1S/C26H30FN3/c1-16-7-12-23-19(4)30(14-13-20(23)15-16)24-17(2)18(3)28-25(29-24)26(5,6)21-8-10-22(27)11-9-21/h7-12,15,19H,13-14H2,1-6H3. The number of hydrogen-bond acceptors (Lipinski definition) is 3. The van der Waals surface area contributed by atoms with Gasteiger partial charge in [-0.05, 0) is 76.8 Å². The number of benzene rings is 2. The molecule has 4 heteroatoms. The Kier molecular flexibility index (Phi) is 5.13. The first kappa shape index (κ1) is 20.5. The van der Waals surface area contributed by atoms with Crippen LogP contribution in [0.1, 0.15) is 66.1 Å². The monoisotopic (exact) mass is 403 g/mol. The summed E-state index contributed by atoms with van der Waals surface area (Å²) in [5.41, 5.74) is 6.83. The molecule has 0 saturated carbocycles. The van der Waals surface area contributed by atoms with Crippen LogP contribution in [-0.2, 0) is 11.8 Å². The van der Waals surface area contributed by atoms with Gasteiger partial charge in [0.2, 0.25) is 0 Å². The fourth-order valence-electron chi connectivity index (χ4n) is 4.42. The summed E-state index contributed by atoms with van der Waals surface area (Å²) in [6, 6.07) is 13.7. The summed E-state index contributed by atoms with van der Waals surface area (Å²) in [7, 11) is 0. The second kappa shape index (κ2) is 7.50. The molecule has 0 N–H and O–H groups in total. The molecule has 2 heterocycles. The maximum atomic E-state index is 13.5. The fraction of sp³-hybridized carbons (Fsp3) is 0.385. The minimum absolute atomic E-state index is 0.229. The maximum Gasteiger partial charge on any atom is 0.140 e. The van der Waals surface area contributed by atoms with Crippen LogP contribution in [0.5, 0.6) is 0 Å². The first-order chi connectivity index (χ1) is 14.2. The SMILES string of the molecule is Cc1ccc2c(c1)CCN(c1nc(C(C)(C)c3ccc(F)cc3)nc(C)c1C)C2C. The van der Waals surface area contributed by atoms with E-state index in [1.54, 1.807) is 0 Å². The van der Waals surface area contributed by atoms with Crippen molar-refractivity contribution in [2.75, 3.05) is 11.4 Å². The van der Waals surface area contributed by atoms with Gasteiger partial charge in [-0.2, -0.15) is 0 Å². The van der Waals surface area contributed by atoms with Gasteiger partial charge in [-0.1, -0.05) is 35.9 Å². The van der Waals surface area contributed by atoms with Crippen LogP contribution in [0.4, 0.5) is 10.2 Å². The molecule has 2 aromatic carbocycles. The Bertz CT molecular complexity index is 1090. The lowest BCUT2D eigenvalue weighted by Gasteiger charge is -2.38. The van der Waals surface area contributed by atoms with Crippen LogP contribution in [0.2, 0.25) is 0 Å². The third-order valence-corrected chi connectivity index (χ3v) is 6.60. The number of nitrogens with zero attached hydrogens (tertiary/aromatic N) is 3. The molecule has 0 saturated heterocycles. The van der Waals surface area contributed by atoms with Crippen molar-refractivity contribution in [2.45, 2.75) is 59.4 Å². The van der Waals surface area contributed by atoms with Gasteiger partial charge in [0.05, 0.1) is 6.04 Å². The summed E-state index contributed by atoms with van der Waals surface area (Å²) in [4.78, 5) is 12.3. The Balaban J connectivity index is 1.77. The van der Waals surface area contributed by atoms with E-state index in [9.17, 15) is 4.39 Å². The highest BCUT2D eigenvalue weighted by Crippen LogP contribution is 2.37. The number of hydrogen-bond donors (Lipinski definition) is 0. The van der Waals surface area contributed by atoms with Gasteiger partial charge in [-0.25, -0.2) is 14.4 Å². The van der Waals surface area contributed by atoms with Crippen LogP contribution in [0.15, 0.2) is 42.5 Å². The van der Waals surface area contributed by atoms with Crippen molar-refractivity contribution in [1.82, 2.24) is 9.97 Å². The lowest BCUT2D eigenvalue weighted by Crippen LogP contribution is -2.36. The number of halogens is 1. The molecule has 1 aliphatic heterocycles. The minimum Gasteiger partial charge on any atom is -0.349 e. The van der Waals surface area contributed by atoms with E-state index < -0.39 is 5.41 Å². The first-order valence-corrected chi connectivity index (χ1v) is 10.7. The van der Waals surface area contributed by atoms with E-state index >= 15 is 0 Å². The summed E-state index contributed by atoms with van der Waals surface area (Å²) in [6.07, 6.45) is 1.01. The van der Waals surface area contributed by atoms with Crippen molar-refractivity contribution in [3.05, 3.63) is 87.6 Å². The zero-order valence-electron chi connectivity index (χ0n) is 18.8. The summed E-state index contributed by atoms with van der Waals surface area (Å²) in [5, 5.41) is 0. The Morgan fingerprint density at radius 2 is 1.70 bits per heavy atom. The first-order valence-electron chi connectivity index (χ1n) is 10.7. The number of aromatic nitrogens is 2. The summed E-state index contributed by atoms with van der Waals surface area (Å²) in [5.74, 6) is 1.55. The second-order valence-electron chi connectivity index (χ2n) is 9.03. The van der Waals surface area contributed by atoms with Gasteiger partial charge in [-0.3, -0.25) is 0 Å². The van der Waals surface area contributed by atoms with Crippen molar-refractivity contribution < 1.29 is 4.39 Å². The van der Waals surface area contributed by atoms with Gasteiger partial charge in [0.25, 0.3) is 0 Å². The van der Waals surface area contributed by atoms with Gasteiger partial charge in [0.15, 0.2) is 0 Å². The molecule has 30 heavy (non-hydrogen) atoms. The van der Waals surface area contributed by atoms with E-state index in [0.29, 0.717) is 0 Å². The third kappa shape index (κ3) is 3.49. The van der Waals surface area contributed by atoms with Gasteiger partial charge >= 0.3 is 0 Å². The van der Waals surface area contributed by atoms with Gasteiger partial charge in [0, 0.05) is 23.2 Å². The predicted octanol–water partition coefficient (Wildman–Crippen LogP) is 5.99. The zero-order valence-corrected chi connectivity index (χ0v) is 18.8. The van der Waals surface area contributed by atoms with E-state index in [-0.39, 0.29) is 11.9 Å². The number of anilines is 1. The lowest BCUT2D eigenvalue weighted by molar-refractivity contribution is 0.566. The smallest absolute Gasteiger partial charge is 0.140 e. The zero-order chi connectivity index (χ0) is 21.6. The average molecular weight is 404 g/mol. The molecular weight excluding hydrogens is 373 g/mol. The Morgan fingerprint density at radius 3 is 2.40 bits per heavy atom. The van der Waals surface area contributed by atoms with Gasteiger partial charge in [-0.15, -0.1) is 0 Å². The lowest BCUT2D eigenvalue weighted by atomic mass is 9.83. The molecule has 3 nitrogen and oxygen atoms in total. The molecule has 0 fully saturated rings. The largest absolute Gasteiger partial charge is 0.349 e. The molecule has 0 radical (unpaired) electrons. The molecule has 1 unspecified atom stereocenters. The highest BCUT2D eigenvalue weighted by atomic mass is 19.1. The molecule has 1 aromatic heterocycles. The van der Waals surface area contributed by atoms with Gasteiger partial charge < -0.3 is 4.90 Å². The summed E-state index contributed by atoms with van der Waals surface area (Å²) >= 11 is 0. The van der Waals surface area contributed by atoms with Crippen LogP contribution >= 0.6 is 0 Å². The normalized spacial score (nSPS) is 16.5. The van der Waals surface area contributed by atoms with E-state index in [1.807, 2.05) is 12.1 Å². The highest BCUT2D eigenvalue weighted by molar-refractivity contribution is 5.54. The van der Waals surface area contributed by atoms with Crippen LogP contribution in [0, 0.1) is 26.6 Å². The Labute approximate surface area is 179 Å². The number of aryl methyl sites for hydroxylation is 2. The molecule has 156 valence electrons. The molecule has 1 aliphatic rings. The topological polar surface area (TPSA) is 29.0 Å². The van der Waals surface area contributed by atoms with Crippen molar-refractivity contribution in [3.63, 3.8) is 0 Å². The number of fused-ring (bicyclic) bond motifs is 1. The quantitative estimate of drug-likeness (QED) is 0.538. The van der Waals surface area contributed by atoms with E-state index in [2.05, 4.69) is 64.6 Å². The molecule has 0 spiro atoms. The Hall–Kier alpha value is -2.75. The fourth-order valence-corrected chi connectivity index (χ4v) is 4.42. The van der Waals surface area contributed by atoms with E-state index in [0.717, 1.165) is 41.4 Å². The summed E-state index contributed by atoms with van der Waals surface area (Å²) in [6.45, 7) is 13.7. The molecule has 4 rings (SSSR count). The molecule has 0 bridgehead atoms. The summed E-state index contributed by atoms with van der Waals surface area (Å²) < 4.78 is 13.5. The van der Waals surface area contributed by atoms with Crippen molar-refractivity contribution >= 4 is 5.82 Å². The van der Waals surface area contributed by atoms with Crippen molar-refractivity contribution in [1.29, 1.82) is 0 Å². The van der Waals surface area contributed by atoms with Crippen LogP contribution < -0.4 is 4.90 Å². The predicted molar refractivity (Wildman–Crippen MR) is 121 cm³/mol. The maximum absolute atomic E-state index is 13.5.